The van der Waals surface area contributed by atoms with Gasteiger partial charge in [0.2, 0.25) is 5.91 Å². The van der Waals surface area contributed by atoms with E-state index >= 15 is 0 Å². The van der Waals surface area contributed by atoms with Gasteiger partial charge in [-0.05, 0) is 50.3 Å². The van der Waals surface area contributed by atoms with E-state index in [1.54, 1.807) is 36.4 Å². The maximum atomic E-state index is 13.1. The van der Waals surface area contributed by atoms with Crippen molar-refractivity contribution in [3.05, 3.63) is 63.5 Å². The number of aromatic nitrogens is 2. The zero-order valence-electron chi connectivity index (χ0n) is 20.1. The predicted octanol–water partition coefficient (Wildman–Crippen LogP) is 2.63. The van der Waals surface area contributed by atoms with E-state index in [2.05, 4.69) is 34.5 Å². The highest BCUT2D eigenvalue weighted by atomic mass is 35.5. The first-order chi connectivity index (χ1) is 16.9. The number of nitrogens with zero attached hydrogens (tertiary/aromatic N) is 3. The van der Waals surface area contributed by atoms with Gasteiger partial charge in [0.25, 0.3) is 11.5 Å². The summed E-state index contributed by atoms with van der Waals surface area (Å²) in [6, 6.07) is 11.5. The number of nitrogens with one attached hydrogen (secondary N) is 2. The number of hydrogen-bond acceptors (Lipinski definition) is 6. The second kappa shape index (κ2) is 12.3. The van der Waals surface area contributed by atoms with Gasteiger partial charge in [-0.1, -0.05) is 43.6 Å². The van der Waals surface area contributed by atoms with Crippen molar-refractivity contribution >= 4 is 34.2 Å². The summed E-state index contributed by atoms with van der Waals surface area (Å²) in [4.78, 5) is 40.6. The Morgan fingerprint density at radius 2 is 1.80 bits per heavy atom. The van der Waals surface area contributed by atoms with Crippen molar-refractivity contribution in [3.63, 3.8) is 0 Å². The van der Waals surface area contributed by atoms with Crippen molar-refractivity contribution in [1.29, 1.82) is 0 Å². The lowest BCUT2D eigenvalue weighted by atomic mass is 10.1. The fourth-order valence-electron chi connectivity index (χ4n) is 3.70. The Morgan fingerprint density at radius 3 is 2.46 bits per heavy atom. The number of amides is 2. The number of carbonyl (C=O) groups excluding carboxylic acids is 2. The van der Waals surface area contributed by atoms with Crippen molar-refractivity contribution < 1.29 is 14.3 Å². The van der Waals surface area contributed by atoms with Crippen LogP contribution in [0.5, 0.6) is 5.75 Å². The molecule has 0 saturated heterocycles. The highest BCUT2D eigenvalue weighted by Gasteiger charge is 2.18. The predicted molar refractivity (Wildman–Crippen MR) is 137 cm³/mol. The van der Waals surface area contributed by atoms with E-state index in [1.807, 2.05) is 0 Å². The lowest BCUT2D eigenvalue weighted by Gasteiger charge is -2.17. The molecular weight excluding hydrogens is 470 g/mol. The maximum absolute atomic E-state index is 13.1. The molecule has 0 unspecified atom stereocenters. The Hall–Kier alpha value is -3.43. The largest absolute Gasteiger partial charge is 0.495 e. The summed E-state index contributed by atoms with van der Waals surface area (Å²) in [6.45, 7) is 7.34. The molecule has 0 radical (unpaired) electrons. The van der Waals surface area contributed by atoms with E-state index < -0.39 is 11.5 Å². The van der Waals surface area contributed by atoms with Crippen LogP contribution in [0.3, 0.4) is 0 Å². The first-order valence-electron chi connectivity index (χ1n) is 11.5. The molecule has 0 saturated carbocycles. The molecule has 35 heavy (non-hydrogen) atoms. The number of fused-ring (bicyclic) bond motifs is 1. The molecule has 3 rings (SSSR count). The van der Waals surface area contributed by atoms with E-state index in [-0.39, 0.29) is 18.1 Å². The van der Waals surface area contributed by atoms with Crippen LogP contribution in [0.25, 0.3) is 16.5 Å². The number of carbonyl (C=O) groups is 2. The Morgan fingerprint density at radius 1 is 1.09 bits per heavy atom. The van der Waals surface area contributed by atoms with Gasteiger partial charge < -0.3 is 20.3 Å². The molecule has 1 aromatic heterocycles. The molecule has 9 nitrogen and oxygen atoms in total. The summed E-state index contributed by atoms with van der Waals surface area (Å²) in [6.07, 6.45) is 0.822. The van der Waals surface area contributed by atoms with Crippen LogP contribution >= 0.6 is 11.6 Å². The minimum Gasteiger partial charge on any atom is -0.495 e. The monoisotopic (exact) mass is 499 g/mol. The first kappa shape index (κ1) is 26.2. The van der Waals surface area contributed by atoms with Gasteiger partial charge in [0.1, 0.15) is 5.75 Å². The smallest absolute Gasteiger partial charge is 0.279 e. The van der Waals surface area contributed by atoms with Crippen molar-refractivity contribution in [2.24, 2.45) is 0 Å². The molecule has 10 heteroatoms. The summed E-state index contributed by atoms with van der Waals surface area (Å²) in [5, 5.41) is 10.7. The maximum Gasteiger partial charge on any atom is 0.279 e. The van der Waals surface area contributed by atoms with Crippen molar-refractivity contribution in [1.82, 2.24) is 25.3 Å². The molecule has 0 spiro atoms. The van der Waals surface area contributed by atoms with Crippen LogP contribution in [0, 0.1) is 0 Å². The van der Waals surface area contributed by atoms with Crippen molar-refractivity contribution in [2.45, 2.75) is 20.3 Å². The van der Waals surface area contributed by atoms with Crippen LogP contribution in [0.4, 0.5) is 0 Å². The average molecular weight is 500 g/mol. The summed E-state index contributed by atoms with van der Waals surface area (Å²) in [7, 11) is 1.49. The molecule has 186 valence electrons. The second-order valence-electron chi connectivity index (χ2n) is 7.84. The van der Waals surface area contributed by atoms with E-state index in [9.17, 15) is 14.4 Å². The Labute approximate surface area is 209 Å². The van der Waals surface area contributed by atoms with Crippen LogP contribution < -0.4 is 20.9 Å². The second-order valence-corrected chi connectivity index (χ2v) is 8.25. The van der Waals surface area contributed by atoms with Gasteiger partial charge in [-0.15, -0.1) is 0 Å². The molecule has 0 fully saturated rings. The van der Waals surface area contributed by atoms with Crippen LogP contribution in [0.15, 0.2) is 47.3 Å². The van der Waals surface area contributed by atoms with E-state index in [0.29, 0.717) is 33.8 Å². The minimum atomic E-state index is -0.562. The van der Waals surface area contributed by atoms with Crippen LogP contribution in [-0.2, 0) is 4.79 Å². The third-order valence-corrected chi connectivity index (χ3v) is 5.97. The third-order valence-electron chi connectivity index (χ3n) is 5.68. The number of rotatable bonds is 11. The van der Waals surface area contributed by atoms with Crippen molar-refractivity contribution in [2.75, 3.05) is 39.8 Å². The molecule has 0 aliphatic carbocycles. The standard InChI is InChI=1S/C25H30ClN5O4/c1-4-30(5-2)14-8-13-27-22(32)16-28-24(33)23-18-9-6-7-10-19(18)25(34)31(29-23)17-11-12-21(35-3)20(26)15-17/h6-7,9-12,15H,4-5,8,13-14,16H2,1-3H3,(H,27,32)(H,28,33). The Bertz CT molecular complexity index is 1260. The molecule has 2 aromatic carbocycles. The van der Waals surface area contributed by atoms with Gasteiger partial charge in [0.05, 0.1) is 29.8 Å². The molecule has 0 aliphatic rings. The third kappa shape index (κ3) is 6.37. The van der Waals surface area contributed by atoms with E-state index in [0.717, 1.165) is 30.7 Å². The van der Waals surface area contributed by atoms with Crippen LogP contribution in [0.2, 0.25) is 5.02 Å². The van der Waals surface area contributed by atoms with Crippen molar-refractivity contribution in [3.8, 4) is 11.4 Å². The average Bonchev–Trinajstić information content (AvgIpc) is 2.87. The molecule has 1 heterocycles. The number of benzene rings is 2. The van der Waals surface area contributed by atoms with Crippen LogP contribution in [-0.4, -0.2) is 66.3 Å². The van der Waals surface area contributed by atoms with Gasteiger partial charge in [-0.3, -0.25) is 14.4 Å². The summed E-state index contributed by atoms with van der Waals surface area (Å²) in [5.74, 6) is -0.407. The number of halogens is 1. The molecule has 0 bridgehead atoms. The van der Waals surface area contributed by atoms with E-state index in [1.165, 1.54) is 13.2 Å². The van der Waals surface area contributed by atoms with Gasteiger partial charge in [0, 0.05) is 11.9 Å². The zero-order valence-corrected chi connectivity index (χ0v) is 20.9. The van der Waals surface area contributed by atoms with Gasteiger partial charge >= 0.3 is 0 Å². The Kier molecular flexibility index (Phi) is 9.22. The summed E-state index contributed by atoms with van der Waals surface area (Å²) < 4.78 is 6.29. The number of methoxy groups -OCH3 is 1. The Balaban J connectivity index is 1.77. The van der Waals surface area contributed by atoms with Gasteiger partial charge in [0.15, 0.2) is 5.69 Å². The normalized spacial score (nSPS) is 11.0. The SMILES string of the molecule is CCN(CC)CCCNC(=O)CNC(=O)c1nn(-c2ccc(OC)c(Cl)c2)c(=O)c2ccccc12. The summed E-state index contributed by atoms with van der Waals surface area (Å²) in [5.41, 5.74) is 0.0114. The molecule has 2 amide bonds. The highest BCUT2D eigenvalue weighted by Crippen LogP contribution is 2.26. The number of ether oxygens (including phenoxy) is 1. The first-order valence-corrected chi connectivity index (χ1v) is 11.9. The van der Waals surface area contributed by atoms with Gasteiger partial charge in [-0.25, -0.2) is 0 Å². The fourth-order valence-corrected chi connectivity index (χ4v) is 3.95. The van der Waals surface area contributed by atoms with Crippen LogP contribution in [0.1, 0.15) is 30.8 Å². The molecule has 3 aromatic rings. The zero-order chi connectivity index (χ0) is 25.4. The lowest BCUT2D eigenvalue weighted by Crippen LogP contribution is -2.39. The summed E-state index contributed by atoms with van der Waals surface area (Å²) >= 11 is 6.23. The molecular formula is C25H30ClN5O4. The quantitative estimate of drug-likeness (QED) is 0.393. The number of hydrogen-bond donors (Lipinski definition) is 2. The van der Waals surface area contributed by atoms with Gasteiger partial charge in [-0.2, -0.15) is 9.78 Å². The fraction of sp³-hybridized carbons (Fsp3) is 0.360. The van der Waals surface area contributed by atoms with E-state index in [4.69, 9.17) is 16.3 Å². The lowest BCUT2D eigenvalue weighted by molar-refractivity contribution is -0.120. The minimum absolute atomic E-state index is 0.0291. The topological polar surface area (TPSA) is 106 Å². The molecule has 2 N–H and O–H groups in total. The highest BCUT2D eigenvalue weighted by molar-refractivity contribution is 6.32. The molecule has 0 atom stereocenters. The molecule has 0 aliphatic heterocycles.